The van der Waals surface area contributed by atoms with E-state index < -0.39 is 10.0 Å². The molecule has 1 saturated carbocycles. The van der Waals surface area contributed by atoms with Gasteiger partial charge in [-0.25, -0.2) is 13.1 Å². The molecule has 0 amide bonds. The highest BCUT2D eigenvalue weighted by Crippen LogP contribution is 2.24. The summed E-state index contributed by atoms with van der Waals surface area (Å²) in [7, 11) is -3.05. The second-order valence-corrected chi connectivity index (χ2v) is 7.68. The third-order valence-electron chi connectivity index (χ3n) is 4.23. The molecule has 0 atom stereocenters. The molecule has 2 fully saturated rings. The third kappa shape index (κ3) is 4.86. The molecule has 0 unspecified atom stereocenters. The van der Waals surface area contributed by atoms with Crippen molar-refractivity contribution < 1.29 is 8.42 Å². The first kappa shape index (κ1) is 14.3. The minimum atomic E-state index is -3.05. The lowest BCUT2D eigenvalue weighted by Crippen LogP contribution is -2.38. The van der Waals surface area contributed by atoms with Gasteiger partial charge in [-0.2, -0.15) is 0 Å². The van der Waals surface area contributed by atoms with Crippen molar-refractivity contribution in [3.8, 4) is 0 Å². The summed E-state index contributed by atoms with van der Waals surface area (Å²) < 4.78 is 26.8. The van der Waals surface area contributed by atoms with Gasteiger partial charge in [-0.05, 0) is 50.6 Å². The summed E-state index contributed by atoms with van der Waals surface area (Å²) in [6.45, 7) is 2.68. The quantitative estimate of drug-likeness (QED) is 0.798. The van der Waals surface area contributed by atoms with Crippen LogP contribution >= 0.6 is 0 Å². The molecule has 2 rings (SSSR count). The van der Waals surface area contributed by atoms with Crippen LogP contribution in [0.15, 0.2) is 0 Å². The van der Waals surface area contributed by atoms with Gasteiger partial charge in [0.1, 0.15) is 0 Å². The number of hydrogen-bond acceptors (Lipinski definition) is 3. The maximum atomic E-state index is 12.0. The van der Waals surface area contributed by atoms with Crippen LogP contribution in [-0.2, 0) is 10.0 Å². The van der Waals surface area contributed by atoms with Gasteiger partial charge in [-0.3, -0.25) is 0 Å². The zero-order valence-electron chi connectivity index (χ0n) is 11.2. The van der Waals surface area contributed by atoms with E-state index in [-0.39, 0.29) is 0 Å². The number of sulfonamides is 1. The number of rotatable bonds is 5. The van der Waals surface area contributed by atoms with E-state index in [2.05, 4.69) is 10.0 Å². The first-order valence-electron chi connectivity index (χ1n) is 7.34. The van der Waals surface area contributed by atoms with Gasteiger partial charge in [0.25, 0.3) is 0 Å². The molecular weight excluding hydrogens is 248 g/mol. The first-order chi connectivity index (χ1) is 8.66. The van der Waals surface area contributed by atoms with Crippen LogP contribution in [0.5, 0.6) is 0 Å². The standard InChI is InChI=1S/C13H26N2O2S/c16-18(17,11-13-4-2-1-3-5-13)15-10-12-6-8-14-9-7-12/h12-15H,1-11H2. The Morgan fingerprint density at radius 3 is 2.28 bits per heavy atom. The minimum absolute atomic E-state index is 0.345. The van der Waals surface area contributed by atoms with Gasteiger partial charge in [0.05, 0.1) is 5.75 Å². The lowest BCUT2D eigenvalue weighted by atomic mass is 9.91. The third-order valence-corrected chi connectivity index (χ3v) is 5.75. The molecule has 0 bridgehead atoms. The molecule has 0 aromatic heterocycles. The summed E-state index contributed by atoms with van der Waals surface area (Å²) in [5.74, 6) is 1.26. The van der Waals surface area contributed by atoms with Crippen molar-refractivity contribution in [3.05, 3.63) is 0 Å². The van der Waals surface area contributed by atoms with E-state index in [0.29, 0.717) is 24.1 Å². The SMILES string of the molecule is O=S(=O)(CC1CCCCC1)NCC1CCNCC1. The number of nitrogens with one attached hydrogen (secondary N) is 2. The second-order valence-electron chi connectivity index (χ2n) is 5.83. The molecule has 2 N–H and O–H groups in total. The van der Waals surface area contributed by atoms with Crippen molar-refractivity contribution >= 4 is 10.0 Å². The normalized spacial score (nSPS) is 24.2. The van der Waals surface area contributed by atoms with E-state index >= 15 is 0 Å². The molecule has 1 aliphatic carbocycles. The minimum Gasteiger partial charge on any atom is -0.317 e. The van der Waals surface area contributed by atoms with Gasteiger partial charge < -0.3 is 5.32 Å². The van der Waals surface area contributed by atoms with Crippen LogP contribution in [0.2, 0.25) is 0 Å². The van der Waals surface area contributed by atoms with Crippen molar-refractivity contribution in [1.29, 1.82) is 0 Å². The maximum absolute atomic E-state index is 12.0. The first-order valence-corrected chi connectivity index (χ1v) is 8.99. The fourth-order valence-electron chi connectivity index (χ4n) is 3.05. The molecule has 0 radical (unpaired) electrons. The van der Waals surface area contributed by atoms with Gasteiger partial charge in [-0.15, -0.1) is 0 Å². The Balaban J connectivity index is 1.72. The topological polar surface area (TPSA) is 58.2 Å². The molecule has 1 saturated heterocycles. The Kier molecular flexibility index (Phi) is 5.45. The zero-order valence-corrected chi connectivity index (χ0v) is 12.0. The van der Waals surface area contributed by atoms with Crippen molar-refractivity contribution in [3.63, 3.8) is 0 Å². The van der Waals surface area contributed by atoms with E-state index in [1.807, 2.05) is 0 Å². The molecule has 106 valence electrons. The number of piperidine rings is 1. The lowest BCUT2D eigenvalue weighted by molar-refractivity contribution is 0.367. The Morgan fingerprint density at radius 1 is 0.944 bits per heavy atom. The summed E-state index contributed by atoms with van der Waals surface area (Å²) in [6, 6.07) is 0. The van der Waals surface area contributed by atoms with Crippen LogP contribution in [0, 0.1) is 11.8 Å². The van der Waals surface area contributed by atoms with Gasteiger partial charge in [0.2, 0.25) is 10.0 Å². The van der Waals surface area contributed by atoms with Gasteiger partial charge >= 0.3 is 0 Å². The van der Waals surface area contributed by atoms with Crippen LogP contribution < -0.4 is 10.0 Å². The van der Waals surface area contributed by atoms with Crippen molar-refractivity contribution in [2.45, 2.75) is 44.9 Å². The predicted octanol–water partition coefficient (Wildman–Crippen LogP) is 1.49. The van der Waals surface area contributed by atoms with Crippen LogP contribution in [0.1, 0.15) is 44.9 Å². The molecule has 4 nitrogen and oxygen atoms in total. The molecule has 0 spiro atoms. The lowest BCUT2D eigenvalue weighted by Gasteiger charge is -2.24. The van der Waals surface area contributed by atoms with Crippen molar-refractivity contribution in [2.75, 3.05) is 25.4 Å². The molecule has 1 aliphatic heterocycles. The average Bonchev–Trinajstić information content (AvgIpc) is 2.38. The second kappa shape index (κ2) is 6.87. The van der Waals surface area contributed by atoms with E-state index in [1.165, 1.54) is 19.3 Å². The van der Waals surface area contributed by atoms with Gasteiger partial charge in [0.15, 0.2) is 0 Å². The number of hydrogen-bond donors (Lipinski definition) is 2. The molecule has 5 heteroatoms. The fourth-order valence-corrected chi connectivity index (χ4v) is 4.62. The average molecular weight is 274 g/mol. The summed E-state index contributed by atoms with van der Waals surface area (Å²) >= 11 is 0. The maximum Gasteiger partial charge on any atom is 0.211 e. The van der Waals surface area contributed by atoms with Crippen molar-refractivity contribution in [2.24, 2.45) is 11.8 Å². The Labute approximate surface area is 111 Å². The molecule has 18 heavy (non-hydrogen) atoms. The zero-order chi connectivity index (χ0) is 12.8. The summed E-state index contributed by atoms with van der Waals surface area (Å²) in [6.07, 6.45) is 8.04. The Bertz CT molecular complexity index is 331. The van der Waals surface area contributed by atoms with Crippen LogP contribution in [0.3, 0.4) is 0 Å². The molecular formula is C13H26N2O2S. The molecule has 1 heterocycles. The van der Waals surface area contributed by atoms with E-state index in [0.717, 1.165) is 38.8 Å². The summed E-state index contributed by atoms with van der Waals surface area (Å²) in [4.78, 5) is 0. The largest absolute Gasteiger partial charge is 0.317 e. The summed E-state index contributed by atoms with van der Waals surface area (Å²) in [5, 5.41) is 3.30. The molecule has 2 aliphatic rings. The Morgan fingerprint density at radius 2 is 1.61 bits per heavy atom. The predicted molar refractivity (Wildman–Crippen MR) is 74.0 cm³/mol. The monoisotopic (exact) mass is 274 g/mol. The van der Waals surface area contributed by atoms with E-state index in [4.69, 9.17) is 0 Å². The highest BCUT2D eigenvalue weighted by molar-refractivity contribution is 7.89. The molecule has 0 aromatic carbocycles. The van der Waals surface area contributed by atoms with Gasteiger partial charge in [0, 0.05) is 6.54 Å². The van der Waals surface area contributed by atoms with E-state index in [1.54, 1.807) is 0 Å². The van der Waals surface area contributed by atoms with E-state index in [9.17, 15) is 8.42 Å². The fraction of sp³-hybridized carbons (Fsp3) is 1.00. The van der Waals surface area contributed by atoms with Gasteiger partial charge in [-0.1, -0.05) is 19.3 Å². The molecule has 0 aromatic rings. The summed E-state index contributed by atoms with van der Waals surface area (Å²) in [5.41, 5.74) is 0. The van der Waals surface area contributed by atoms with Crippen molar-refractivity contribution in [1.82, 2.24) is 10.0 Å². The van der Waals surface area contributed by atoms with Crippen LogP contribution in [0.4, 0.5) is 0 Å². The van der Waals surface area contributed by atoms with Crippen LogP contribution in [0.25, 0.3) is 0 Å². The van der Waals surface area contributed by atoms with Crippen LogP contribution in [-0.4, -0.2) is 33.8 Å². The highest BCUT2D eigenvalue weighted by atomic mass is 32.2. The smallest absolute Gasteiger partial charge is 0.211 e. The highest BCUT2D eigenvalue weighted by Gasteiger charge is 2.22. The Hall–Kier alpha value is -0.130.